The van der Waals surface area contributed by atoms with E-state index in [9.17, 15) is 14.4 Å². The summed E-state index contributed by atoms with van der Waals surface area (Å²) in [4.78, 5) is 34.0. The lowest BCUT2D eigenvalue weighted by atomic mass is 9.82. The van der Waals surface area contributed by atoms with Crippen LogP contribution in [-0.2, 0) is 20.8 Å². The van der Waals surface area contributed by atoms with E-state index >= 15 is 0 Å². The van der Waals surface area contributed by atoms with Crippen molar-refractivity contribution in [2.24, 2.45) is 0 Å². The number of benzene rings is 1. The molecule has 0 bridgehead atoms. The molecule has 0 aliphatic heterocycles. The van der Waals surface area contributed by atoms with Crippen LogP contribution in [0.25, 0.3) is 0 Å². The lowest BCUT2D eigenvalue weighted by molar-refractivity contribution is -0.147. The number of nitrogens with one attached hydrogen (secondary N) is 1. The minimum Gasteiger partial charge on any atom is -0.481 e. The number of fused-ring (bicyclic) bond motifs is 1. The third kappa shape index (κ3) is 3.59. The van der Waals surface area contributed by atoms with Crippen molar-refractivity contribution in [2.45, 2.75) is 37.6 Å². The Bertz CT molecular complexity index is 569. The van der Waals surface area contributed by atoms with Gasteiger partial charge in [0.05, 0.1) is 12.3 Å². The van der Waals surface area contributed by atoms with Crippen molar-refractivity contribution in [1.82, 2.24) is 5.32 Å². The first-order chi connectivity index (χ1) is 9.99. The second kappa shape index (κ2) is 6.39. The summed E-state index contributed by atoms with van der Waals surface area (Å²) in [7, 11) is 0. The van der Waals surface area contributed by atoms with Gasteiger partial charge in [0.15, 0.2) is 0 Å². The molecule has 112 valence electrons. The lowest BCUT2D eigenvalue weighted by Crippen LogP contribution is -2.44. The minimum absolute atomic E-state index is 0.411. The molecule has 21 heavy (non-hydrogen) atoms. The molecule has 6 nitrogen and oxygen atoms in total. The summed E-state index contributed by atoms with van der Waals surface area (Å²) >= 11 is 0. The normalized spacial score (nSPS) is 18.4. The summed E-state index contributed by atoms with van der Waals surface area (Å²) in [5.74, 6) is -3.43. The molecule has 2 atom stereocenters. The molecule has 1 amide bonds. The second-order valence-corrected chi connectivity index (χ2v) is 5.14. The number of carbonyl (C=O) groups is 3. The van der Waals surface area contributed by atoms with Gasteiger partial charge in [-0.1, -0.05) is 24.3 Å². The van der Waals surface area contributed by atoms with E-state index in [0.717, 1.165) is 24.0 Å². The van der Waals surface area contributed by atoms with Crippen molar-refractivity contribution >= 4 is 17.8 Å². The van der Waals surface area contributed by atoms with E-state index in [-0.39, 0.29) is 0 Å². The van der Waals surface area contributed by atoms with Crippen molar-refractivity contribution in [1.29, 1.82) is 0 Å². The second-order valence-electron chi connectivity index (χ2n) is 5.14. The maximum Gasteiger partial charge on any atom is 0.326 e. The Kier molecular flexibility index (Phi) is 4.57. The number of carboxylic acid groups (broad SMARTS) is 2. The van der Waals surface area contributed by atoms with Crippen LogP contribution in [0.3, 0.4) is 0 Å². The average Bonchev–Trinajstić information content (AvgIpc) is 2.45. The van der Waals surface area contributed by atoms with Crippen LogP contribution < -0.4 is 5.32 Å². The SMILES string of the molecule is O=C(O)C[C@@H](NC(=O)C1CCCc2ccccc21)C(=O)O. The van der Waals surface area contributed by atoms with Gasteiger partial charge >= 0.3 is 11.9 Å². The van der Waals surface area contributed by atoms with Crippen LogP contribution >= 0.6 is 0 Å². The Balaban J connectivity index is 2.13. The first-order valence-corrected chi connectivity index (χ1v) is 6.82. The summed E-state index contributed by atoms with van der Waals surface area (Å²) < 4.78 is 0. The van der Waals surface area contributed by atoms with Crippen LogP contribution in [0.2, 0.25) is 0 Å². The number of rotatable bonds is 5. The number of hydrogen-bond acceptors (Lipinski definition) is 3. The van der Waals surface area contributed by atoms with Crippen molar-refractivity contribution in [2.75, 3.05) is 0 Å². The highest BCUT2D eigenvalue weighted by atomic mass is 16.4. The molecular formula is C15H17NO5. The molecule has 0 aromatic heterocycles. The predicted octanol–water partition coefficient (Wildman–Crippen LogP) is 1.15. The number of carboxylic acids is 2. The Hall–Kier alpha value is -2.37. The van der Waals surface area contributed by atoms with E-state index in [2.05, 4.69) is 5.32 Å². The van der Waals surface area contributed by atoms with Gasteiger partial charge in [-0.3, -0.25) is 9.59 Å². The number of amides is 1. The van der Waals surface area contributed by atoms with Crippen molar-refractivity contribution < 1.29 is 24.6 Å². The molecule has 2 rings (SSSR count). The molecule has 1 aromatic rings. The molecule has 1 aliphatic carbocycles. The monoisotopic (exact) mass is 291 g/mol. The first-order valence-electron chi connectivity index (χ1n) is 6.82. The van der Waals surface area contributed by atoms with Gasteiger partial charge in [0.25, 0.3) is 0 Å². The van der Waals surface area contributed by atoms with Gasteiger partial charge in [0.2, 0.25) is 5.91 Å². The van der Waals surface area contributed by atoms with Gasteiger partial charge < -0.3 is 15.5 Å². The molecule has 0 saturated heterocycles. The summed E-state index contributed by atoms with van der Waals surface area (Å²) in [5.41, 5.74) is 2.00. The lowest BCUT2D eigenvalue weighted by Gasteiger charge is -2.25. The summed E-state index contributed by atoms with van der Waals surface area (Å²) in [6.45, 7) is 0. The largest absolute Gasteiger partial charge is 0.481 e. The van der Waals surface area contributed by atoms with Crippen LogP contribution in [0, 0.1) is 0 Å². The highest BCUT2D eigenvalue weighted by Crippen LogP contribution is 2.31. The molecule has 1 aliphatic rings. The predicted molar refractivity (Wildman–Crippen MR) is 73.9 cm³/mol. The highest BCUT2D eigenvalue weighted by molar-refractivity contribution is 5.90. The van der Waals surface area contributed by atoms with Gasteiger partial charge in [-0.15, -0.1) is 0 Å². The molecule has 0 saturated carbocycles. The van der Waals surface area contributed by atoms with E-state index in [4.69, 9.17) is 10.2 Å². The zero-order chi connectivity index (χ0) is 15.4. The van der Waals surface area contributed by atoms with Gasteiger partial charge in [0, 0.05) is 0 Å². The highest BCUT2D eigenvalue weighted by Gasteiger charge is 2.30. The van der Waals surface area contributed by atoms with E-state index in [1.165, 1.54) is 0 Å². The number of aryl methyl sites for hydroxylation is 1. The summed E-state index contributed by atoms with van der Waals surface area (Å²) in [6, 6.07) is 6.18. The van der Waals surface area contributed by atoms with Crippen LogP contribution in [0.1, 0.15) is 36.3 Å². The molecule has 1 unspecified atom stereocenters. The van der Waals surface area contributed by atoms with Gasteiger partial charge in [-0.2, -0.15) is 0 Å². The molecule has 0 radical (unpaired) electrons. The van der Waals surface area contributed by atoms with Crippen LogP contribution in [0.5, 0.6) is 0 Å². The maximum absolute atomic E-state index is 12.3. The van der Waals surface area contributed by atoms with E-state index in [1.54, 1.807) is 0 Å². The Labute approximate surface area is 121 Å². The molecule has 3 N–H and O–H groups in total. The summed E-state index contributed by atoms with van der Waals surface area (Å²) in [6.07, 6.45) is 1.76. The Morgan fingerprint density at radius 2 is 1.95 bits per heavy atom. The Morgan fingerprint density at radius 1 is 1.24 bits per heavy atom. The molecule has 0 heterocycles. The topological polar surface area (TPSA) is 104 Å². The fourth-order valence-electron chi connectivity index (χ4n) is 2.67. The van der Waals surface area contributed by atoms with Crippen molar-refractivity contribution in [3.63, 3.8) is 0 Å². The summed E-state index contributed by atoms with van der Waals surface area (Å²) in [5, 5.41) is 20.0. The quantitative estimate of drug-likeness (QED) is 0.755. The van der Waals surface area contributed by atoms with Crippen LogP contribution in [0.4, 0.5) is 0 Å². The Morgan fingerprint density at radius 3 is 2.62 bits per heavy atom. The fourth-order valence-corrected chi connectivity index (χ4v) is 2.67. The number of aliphatic carboxylic acids is 2. The van der Waals surface area contributed by atoms with Crippen molar-refractivity contribution in [3.05, 3.63) is 35.4 Å². The molecule has 1 aromatic carbocycles. The zero-order valence-electron chi connectivity index (χ0n) is 11.4. The fraction of sp³-hybridized carbons (Fsp3) is 0.400. The average molecular weight is 291 g/mol. The van der Waals surface area contributed by atoms with Gasteiger partial charge in [-0.25, -0.2) is 4.79 Å². The third-order valence-electron chi connectivity index (χ3n) is 3.68. The zero-order valence-corrected chi connectivity index (χ0v) is 11.4. The maximum atomic E-state index is 12.3. The molecule has 0 fully saturated rings. The smallest absolute Gasteiger partial charge is 0.326 e. The van der Waals surface area contributed by atoms with Crippen molar-refractivity contribution in [3.8, 4) is 0 Å². The molecular weight excluding hydrogens is 274 g/mol. The standard InChI is InChI=1S/C15H17NO5/c17-13(18)8-12(15(20)21)16-14(19)11-7-3-5-9-4-1-2-6-10(9)11/h1-2,4,6,11-12H,3,5,7-8H2,(H,16,19)(H,17,18)(H,20,21)/t11?,12-/m1/s1. The van der Waals surface area contributed by atoms with E-state index < -0.39 is 36.2 Å². The minimum atomic E-state index is -1.40. The van der Waals surface area contributed by atoms with Gasteiger partial charge in [0.1, 0.15) is 6.04 Å². The molecule has 0 spiro atoms. The molecule has 6 heteroatoms. The first kappa shape index (κ1) is 15.0. The number of carbonyl (C=O) groups excluding carboxylic acids is 1. The van der Waals surface area contributed by atoms with Crippen LogP contribution in [0.15, 0.2) is 24.3 Å². The van der Waals surface area contributed by atoms with E-state index in [1.807, 2.05) is 24.3 Å². The van der Waals surface area contributed by atoms with E-state index in [0.29, 0.717) is 6.42 Å². The van der Waals surface area contributed by atoms with Crippen LogP contribution in [-0.4, -0.2) is 34.1 Å². The number of hydrogen-bond donors (Lipinski definition) is 3. The van der Waals surface area contributed by atoms with Gasteiger partial charge in [-0.05, 0) is 30.4 Å². The third-order valence-corrected chi connectivity index (χ3v) is 3.68.